The highest BCUT2D eigenvalue weighted by Crippen LogP contribution is 2.40. The molecule has 1 aromatic carbocycles. The van der Waals surface area contributed by atoms with Crippen LogP contribution in [0.1, 0.15) is 82.0 Å². The molecule has 39 heavy (non-hydrogen) atoms. The molecule has 2 aromatic rings. The number of nitrogens with one attached hydrogen (secondary N) is 2. The number of aromatic nitrogens is 2. The molecule has 0 bridgehead atoms. The molecule has 1 aromatic heterocycles. The van der Waals surface area contributed by atoms with Crippen LogP contribution in [-0.4, -0.2) is 55.1 Å². The molecule has 2 amide bonds. The number of rotatable bonds is 7. The minimum absolute atomic E-state index is 0.0626. The minimum Gasteiger partial charge on any atom is -0.495 e. The van der Waals surface area contributed by atoms with E-state index in [4.69, 9.17) is 9.72 Å². The Morgan fingerprint density at radius 1 is 1.10 bits per heavy atom. The number of carbonyl (C=O) groups is 2. The molecule has 2 N–H and O–H groups in total. The topological polar surface area (TPSA) is 99.7 Å². The fourth-order valence-corrected chi connectivity index (χ4v) is 6.31. The van der Waals surface area contributed by atoms with Gasteiger partial charge < -0.3 is 25.2 Å². The van der Waals surface area contributed by atoms with E-state index in [-0.39, 0.29) is 11.8 Å². The van der Waals surface area contributed by atoms with E-state index < -0.39 is 5.41 Å². The summed E-state index contributed by atoms with van der Waals surface area (Å²) in [4.78, 5) is 39.6. The summed E-state index contributed by atoms with van der Waals surface area (Å²) >= 11 is 0. The van der Waals surface area contributed by atoms with Crippen LogP contribution in [0.2, 0.25) is 0 Å². The van der Waals surface area contributed by atoms with E-state index in [1.54, 1.807) is 37.4 Å². The summed E-state index contributed by atoms with van der Waals surface area (Å²) in [5.74, 6) is 2.28. The first-order valence-corrected chi connectivity index (χ1v) is 14.4. The second-order valence-corrected chi connectivity index (χ2v) is 12.0. The molecule has 0 spiro atoms. The first-order valence-electron chi connectivity index (χ1n) is 14.4. The van der Waals surface area contributed by atoms with Gasteiger partial charge in [0.1, 0.15) is 11.4 Å². The number of amides is 2. The number of hydrogen-bond donors (Lipinski definition) is 2. The van der Waals surface area contributed by atoms with Crippen LogP contribution >= 0.6 is 0 Å². The van der Waals surface area contributed by atoms with Gasteiger partial charge in [-0.1, -0.05) is 32.1 Å². The van der Waals surface area contributed by atoms with Crippen molar-refractivity contribution < 1.29 is 14.3 Å². The number of carbonyl (C=O) groups excluding carboxylic acids is 2. The molecular weight excluding hydrogens is 492 g/mol. The second kappa shape index (κ2) is 11.4. The van der Waals surface area contributed by atoms with Crippen molar-refractivity contribution in [2.75, 3.05) is 42.4 Å². The number of anilines is 4. The Morgan fingerprint density at radius 3 is 2.54 bits per heavy atom. The third kappa shape index (κ3) is 5.82. The van der Waals surface area contributed by atoms with E-state index in [0.717, 1.165) is 30.9 Å². The van der Waals surface area contributed by atoms with Gasteiger partial charge in [0, 0.05) is 31.7 Å². The van der Waals surface area contributed by atoms with Gasteiger partial charge in [-0.15, -0.1) is 0 Å². The molecule has 1 aliphatic heterocycles. The second-order valence-electron chi connectivity index (χ2n) is 12.0. The van der Waals surface area contributed by atoms with Crippen molar-refractivity contribution in [1.82, 2.24) is 15.3 Å². The number of hydrogen-bond acceptors (Lipinski definition) is 7. The standard InChI is InChI=1S/C30H42N6O3/c1-30(2)19-36(22-12-8-9-13-22)26-24(35(3)28(30)38)18-32-29(34-26)33-23-15-14-21(16-25(23)39-4)27(37)31-17-20-10-6-5-7-11-20/h14-16,18,20,22H,5-13,17,19H2,1-4H3,(H,31,37)(H,32,33,34). The van der Waals surface area contributed by atoms with Gasteiger partial charge in [-0.2, -0.15) is 4.98 Å². The van der Waals surface area contributed by atoms with E-state index in [0.29, 0.717) is 41.5 Å². The van der Waals surface area contributed by atoms with E-state index in [9.17, 15) is 9.59 Å². The largest absolute Gasteiger partial charge is 0.495 e. The first kappa shape index (κ1) is 27.2. The summed E-state index contributed by atoms with van der Waals surface area (Å²) in [6.45, 7) is 5.33. The molecule has 9 heteroatoms. The molecule has 0 atom stereocenters. The molecule has 0 saturated heterocycles. The monoisotopic (exact) mass is 534 g/mol. The number of benzene rings is 1. The van der Waals surface area contributed by atoms with Crippen molar-refractivity contribution in [2.24, 2.45) is 11.3 Å². The lowest BCUT2D eigenvalue weighted by molar-refractivity contribution is -0.125. The molecule has 2 aliphatic carbocycles. The SMILES string of the molecule is COc1cc(C(=O)NCC2CCCCC2)ccc1Nc1ncc2c(n1)N(C1CCCC1)CC(C)(C)C(=O)N2C. The van der Waals surface area contributed by atoms with Crippen LogP contribution in [0, 0.1) is 11.3 Å². The van der Waals surface area contributed by atoms with Gasteiger partial charge in [-0.05, 0) is 63.6 Å². The molecule has 2 saturated carbocycles. The quantitative estimate of drug-likeness (QED) is 0.498. The predicted molar refractivity (Wildman–Crippen MR) is 154 cm³/mol. The van der Waals surface area contributed by atoms with E-state index in [1.165, 1.54) is 44.9 Å². The fraction of sp³-hybridized carbons (Fsp3) is 0.600. The van der Waals surface area contributed by atoms with Crippen molar-refractivity contribution in [3.05, 3.63) is 30.0 Å². The lowest BCUT2D eigenvalue weighted by Gasteiger charge is -2.34. The van der Waals surface area contributed by atoms with Crippen molar-refractivity contribution >= 4 is 35.0 Å². The van der Waals surface area contributed by atoms with Crippen molar-refractivity contribution in [1.29, 1.82) is 0 Å². The summed E-state index contributed by atoms with van der Waals surface area (Å²) in [6.07, 6.45) is 12.5. The maximum atomic E-state index is 13.3. The molecule has 0 unspecified atom stereocenters. The minimum atomic E-state index is -0.539. The van der Waals surface area contributed by atoms with Gasteiger partial charge >= 0.3 is 0 Å². The van der Waals surface area contributed by atoms with Crippen LogP contribution < -0.4 is 25.2 Å². The van der Waals surface area contributed by atoms with E-state index in [1.807, 2.05) is 19.9 Å². The summed E-state index contributed by atoms with van der Waals surface area (Å²) in [7, 11) is 3.39. The Balaban J connectivity index is 1.37. The third-order valence-corrected chi connectivity index (χ3v) is 8.58. The first-order chi connectivity index (χ1) is 18.8. The summed E-state index contributed by atoms with van der Waals surface area (Å²) in [5, 5.41) is 6.39. The molecule has 2 fully saturated rings. The Morgan fingerprint density at radius 2 is 1.82 bits per heavy atom. The molecule has 5 rings (SSSR count). The van der Waals surface area contributed by atoms with E-state index in [2.05, 4.69) is 20.5 Å². The smallest absolute Gasteiger partial charge is 0.251 e. The number of ether oxygens (including phenoxy) is 1. The average molecular weight is 535 g/mol. The lowest BCUT2D eigenvalue weighted by Crippen LogP contribution is -2.45. The van der Waals surface area contributed by atoms with Gasteiger partial charge in [-0.3, -0.25) is 9.59 Å². The molecular formula is C30H42N6O3. The van der Waals surface area contributed by atoms with Crippen molar-refractivity contribution in [3.8, 4) is 5.75 Å². The van der Waals surface area contributed by atoms with Crippen LogP contribution in [0.15, 0.2) is 24.4 Å². The maximum Gasteiger partial charge on any atom is 0.251 e. The number of fused-ring (bicyclic) bond motifs is 1. The third-order valence-electron chi connectivity index (χ3n) is 8.58. The molecule has 9 nitrogen and oxygen atoms in total. The number of nitrogens with zero attached hydrogens (tertiary/aromatic N) is 4. The predicted octanol–water partition coefficient (Wildman–Crippen LogP) is 5.29. The molecule has 210 valence electrons. The summed E-state index contributed by atoms with van der Waals surface area (Å²) < 4.78 is 5.63. The van der Waals surface area contributed by atoms with Gasteiger partial charge in [0.2, 0.25) is 11.9 Å². The van der Waals surface area contributed by atoms with Crippen molar-refractivity contribution in [2.45, 2.75) is 77.7 Å². The van der Waals surface area contributed by atoms with Gasteiger partial charge in [0.25, 0.3) is 5.91 Å². The Bertz CT molecular complexity index is 1200. The van der Waals surface area contributed by atoms with Crippen molar-refractivity contribution in [3.63, 3.8) is 0 Å². The average Bonchev–Trinajstić information content (AvgIpc) is 3.47. The lowest BCUT2D eigenvalue weighted by atomic mass is 9.89. The van der Waals surface area contributed by atoms with Crippen LogP contribution in [0.3, 0.4) is 0 Å². The Labute approximate surface area is 231 Å². The zero-order chi connectivity index (χ0) is 27.6. The molecule has 3 aliphatic rings. The van der Waals surface area contributed by atoms with Crippen LogP contribution in [0.5, 0.6) is 5.75 Å². The molecule has 0 radical (unpaired) electrons. The van der Waals surface area contributed by atoms with Crippen LogP contribution in [0.4, 0.5) is 23.1 Å². The zero-order valence-electron chi connectivity index (χ0n) is 23.8. The van der Waals surface area contributed by atoms with Gasteiger partial charge in [0.05, 0.1) is 24.4 Å². The maximum absolute atomic E-state index is 13.3. The summed E-state index contributed by atoms with van der Waals surface area (Å²) in [5.41, 5.74) is 1.42. The van der Waals surface area contributed by atoms with Gasteiger partial charge in [-0.25, -0.2) is 4.98 Å². The highest BCUT2D eigenvalue weighted by Gasteiger charge is 2.41. The highest BCUT2D eigenvalue weighted by molar-refractivity contribution is 6.01. The van der Waals surface area contributed by atoms with Crippen LogP contribution in [-0.2, 0) is 4.79 Å². The Kier molecular flexibility index (Phi) is 7.96. The zero-order valence-corrected chi connectivity index (χ0v) is 23.8. The van der Waals surface area contributed by atoms with Gasteiger partial charge in [0.15, 0.2) is 5.82 Å². The van der Waals surface area contributed by atoms with E-state index >= 15 is 0 Å². The Hall–Kier alpha value is -3.36. The normalized spacial score (nSPS) is 19.9. The van der Waals surface area contributed by atoms with Crippen LogP contribution in [0.25, 0.3) is 0 Å². The fourth-order valence-electron chi connectivity index (χ4n) is 6.31. The highest BCUT2D eigenvalue weighted by atomic mass is 16.5. The summed E-state index contributed by atoms with van der Waals surface area (Å²) in [6, 6.07) is 5.73. The molecule has 2 heterocycles. The number of methoxy groups -OCH3 is 1.